The second-order valence-electron chi connectivity index (χ2n) is 6.15. The number of para-hydroxylation sites is 1. The first kappa shape index (κ1) is 24.9. The van der Waals surface area contributed by atoms with Crippen LogP contribution in [0.2, 0.25) is 5.02 Å². The Kier molecular flexibility index (Phi) is 8.80. The molecule has 2 rings (SSSR count). The van der Waals surface area contributed by atoms with E-state index in [9.17, 15) is 22.8 Å². The molecule has 2 amide bonds. The lowest BCUT2D eigenvalue weighted by Gasteiger charge is -2.23. The molecule has 0 spiro atoms. The van der Waals surface area contributed by atoms with Crippen molar-refractivity contribution in [2.24, 2.45) is 0 Å². The number of anilines is 1. The van der Waals surface area contributed by atoms with Gasteiger partial charge in [-0.05, 0) is 37.3 Å². The minimum absolute atomic E-state index is 0.0111. The van der Waals surface area contributed by atoms with Crippen LogP contribution in [0.25, 0.3) is 0 Å². The van der Waals surface area contributed by atoms with E-state index < -0.39 is 34.6 Å². The number of rotatable bonds is 9. The largest absolute Gasteiger partial charge is 0.452 e. The monoisotopic (exact) mass is 480 g/mol. The number of nitrogens with zero attached hydrogens (tertiary/aromatic N) is 1. The molecule has 0 saturated heterocycles. The fourth-order valence-corrected chi connectivity index (χ4v) is 4.19. The van der Waals surface area contributed by atoms with E-state index in [2.05, 4.69) is 11.3 Å². The second-order valence-corrected chi connectivity index (χ2v) is 8.42. The number of carbonyl (C=O) groups excluding carboxylic acids is 3. The summed E-state index contributed by atoms with van der Waals surface area (Å²) in [5.74, 6) is -1.96. The summed E-state index contributed by atoms with van der Waals surface area (Å²) in [6, 6.07) is 11.9. The lowest BCUT2D eigenvalue weighted by atomic mass is 10.2. The average Bonchev–Trinajstić information content (AvgIpc) is 2.76. The van der Waals surface area contributed by atoms with Gasteiger partial charge in [0.1, 0.15) is 0 Å². The maximum absolute atomic E-state index is 13.2. The number of carbonyl (C=O) groups is 3. The van der Waals surface area contributed by atoms with Crippen LogP contribution in [0, 0.1) is 0 Å². The number of sulfonamides is 1. The number of alkyl carbamates (subject to hydrolysis) is 1. The number of imide groups is 1. The van der Waals surface area contributed by atoms with Crippen molar-refractivity contribution in [1.29, 1.82) is 0 Å². The zero-order valence-corrected chi connectivity index (χ0v) is 18.7. The van der Waals surface area contributed by atoms with Crippen molar-refractivity contribution in [2.75, 3.05) is 24.1 Å². The van der Waals surface area contributed by atoms with Crippen LogP contribution < -0.4 is 9.62 Å². The molecule has 32 heavy (non-hydrogen) atoms. The van der Waals surface area contributed by atoms with Gasteiger partial charge >= 0.3 is 12.1 Å². The molecule has 0 bridgehead atoms. The Labute approximate surface area is 190 Å². The van der Waals surface area contributed by atoms with Gasteiger partial charge in [0.2, 0.25) is 0 Å². The van der Waals surface area contributed by atoms with Crippen molar-refractivity contribution >= 4 is 45.3 Å². The Hall–Kier alpha value is -3.37. The minimum Gasteiger partial charge on any atom is -0.452 e. The molecule has 0 atom stereocenters. The third-order valence-electron chi connectivity index (χ3n) is 3.94. The summed E-state index contributed by atoms with van der Waals surface area (Å²) >= 11 is 6.04. The minimum atomic E-state index is -4.09. The van der Waals surface area contributed by atoms with Gasteiger partial charge in [-0.15, -0.1) is 6.58 Å². The van der Waals surface area contributed by atoms with Gasteiger partial charge in [-0.1, -0.05) is 35.9 Å². The van der Waals surface area contributed by atoms with E-state index in [-0.39, 0.29) is 28.6 Å². The molecule has 11 heteroatoms. The summed E-state index contributed by atoms with van der Waals surface area (Å²) in [6.45, 7) is 4.40. The summed E-state index contributed by atoms with van der Waals surface area (Å²) in [7, 11) is -4.09. The molecule has 0 heterocycles. The number of amides is 2. The molecule has 0 saturated carbocycles. The molecule has 0 radical (unpaired) electrons. The smallest absolute Gasteiger partial charge is 0.413 e. The van der Waals surface area contributed by atoms with Crippen molar-refractivity contribution in [2.45, 2.75) is 11.8 Å². The molecule has 0 aromatic heterocycles. The number of ether oxygens (including phenoxy) is 2. The fraction of sp³-hybridized carbons (Fsp3) is 0.190. The first-order chi connectivity index (χ1) is 15.2. The van der Waals surface area contributed by atoms with Gasteiger partial charge in [-0.2, -0.15) is 0 Å². The SMILES string of the molecule is C=CCN(c1ccccc1)S(=O)(=O)c1ccc(Cl)c(C(=O)OCC(=O)NC(=O)OCC)c1. The zero-order chi connectivity index (χ0) is 23.7. The summed E-state index contributed by atoms with van der Waals surface area (Å²) in [6.07, 6.45) is 0.445. The number of benzene rings is 2. The predicted octanol–water partition coefficient (Wildman–Crippen LogP) is 3.15. The number of hydrogen-bond donors (Lipinski definition) is 1. The van der Waals surface area contributed by atoms with Crippen LogP contribution in [0.3, 0.4) is 0 Å². The van der Waals surface area contributed by atoms with Crippen LogP contribution in [-0.4, -0.2) is 46.1 Å². The van der Waals surface area contributed by atoms with Gasteiger partial charge in [-0.3, -0.25) is 14.4 Å². The number of nitrogens with one attached hydrogen (secondary N) is 1. The summed E-state index contributed by atoms with van der Waals surface area (Å²) < 4.78 is 37.0. The quantitative estimate of drug-likeness (QED) is 0.432. The van der Waals surface area contributed by atoms with Crippen molar-refractivity contribution in [1.82, 2.24) is 5.32 Å². The number of halogens is 1. The van der Waals surface area contributed by atoms with E-state index in [1.807, 2.05) is 5.32 Å². The summed E-state index contributed by atoms with van der Waals surface area (Å²) in [5.41, 5.74) is 0.144. The van der Waals surface area contributed by atoms with Crippen LogP contribution in [0.15, 0.2) is 66.1 Å². The normalized spacial score (nSPS) is 10.7. The molecular weight excluding hydrogens is 460 g/mol. The van der Waals surface area contributed by atoms with Crippen molar-refractivity contribution < 1.29 is 32.3 Å². The maximum Gasteiger partial charge on any atom is 0.413 e. The topological polar surface area (TPSA) is 119 Å². The molecule has 0 unspecified atom stereocenters. The number of hydrogen-bond acceptors (Lipinski definition) is 7. The highest BCUT2D eigenvalue weighted by atomic mass is 35.5. The average molecular weight is 481 g/mol. The van der Waals surface area contributed by atoms with Crippen LogP contribution in [-0.2, 0) is 24.3 Å². The maximum atomic E-state index is 13.2. The standard InChI is InChI=1S/C21H21ClN2O7S/c1-3-12-24(15-8-6-5-7-9-15)32(28,29)16-10-11-18(22)17(13-16)20(26)31-14-19(25)23-21(27)30-4-2/h3,5-11,13H,1,4,12,14H2,2H3,(H,23,25,27). The highest BCUT2D eigenvalue weighted by Crippen LogP contribution is 2.27. The summed E-state index contributed by atoms with van der Waals surface area (Å²) in [4.78, 5) is 35.1. The van der Waals surface area contributed by atoms with Gasteiger partial charge in [0.05, 0.1) is 34.3 Å². The van der Waals surface area contributed by atoms with Gasteiger partial charge in [-0.25, -0.2) is 18.0 Å². The third kappa shape index (κ3) is 6.32. The van der Waals surface area contributed by atoms with Gasteiger partial charge < -0.3 is 9.47 Å². The predicted molar refractivity (Wildman–Crippen MR) is 118 cm³/mol. The number of esters is 1. The molecule has 0 aliphatic heterocycles. The first-order valence-corrected chi connectivity index (χ1v) is 11.1. The van der Waals surface area contributed by atoms with E-state index in [1.54, 1.807) is 37.3 Å². The lowest BCUT2D eigenvalue weighted by Crippen LogP contribution is -2.34. The van der Waals surface area contributed by atoms with Crippen LogP contribution in [0.5, 0.6) is 0 Å². The Balaban J connectivity index is 2.25. The van der Waals surface area contributed by atoms with E-state index in [1.165, 1.54) is 18.2 Å². The molecule has 1 N–H and O–H groups in total. The Morgan fingerprint density at radius 1 is 1.12 bits per heavy atom. The molecule has 9 nitrogen and oxygen atoms in total. The molecular formula is C21H21ClN2O7S. The molecule has 2 aromatic carbocycles. The van der Waals surface area contributed by atoms with Crippen LogP contribution >= 0.6 is 11.6 Å². The lowest BCUT2D eigenvalue weighted by molar-refractivity contribution is -0.123. The van der Waals surface area contributed by atoms with Crippen molar-refractivity contribution in [3.8, 4) is 0 Å². The molecule has 2 aromatic rings. The Morgan fingerprint density at radius 3 is 2.44 bits per heavy atom. The first-order valence-electron chi connectivity index (χ1n) is 9.32. The van der Waals surface area contributed by atoms with Gasteiger partial charge in [0.15, 0.2) is 6.61 Å². The van der Waals surface area contributed by atoms with E-state index in [0.717, 1.165) is 10.4 Å². The molecule has 0 aliphatic rings. The van der Waals surface area contributed by atoms with Gasteiger partial charge in [0.25, 0.3) is 15.9 Å². The van der Waals surface area contributed by atoms with Gasteiger partial charge in [0, 0.05) is 0 Å². The Morgan fingerprint density at radius 2 is 1.81 bits per heavy atom. The molecule has 0 fully saturated rings. The van der Waals surface area contributed by atoms with E-state index in [0.29, 0.717) is 5.69 Å². The highest BCUT2D eigenvalue weighted by molar-refractivity contribution is 7.92. The zero-order valence-electron chi connectivity index (χ0n) is 17.1. The molecule has 0 aliphatic carbocycles. The van der Waals surface area contributed by atoms with E-state index in [4.69, 9.17) is 16.3 Å². The van der Waals surface area contributed by atoms with Crippen molar-refractivity contribution in [3.63, 3.8) is 0 Å². The van der Waals surface area contributed by atoms with Crippen LogP contribution in [0.1, 0.15) is 17.3 Å². The highest BCUT2D eigenvalue weighted by Gasteiger charge is 2.26. The second kappa shape index (κ2) is 11.3. The Bertz CT molecular complexity index is 1100. The van der Waals surface area contributed by atoms with Crippen LogP contribution in [0.4, 0.5) is 10.5 Å². The summed E-state index contributed by atoms with van der Waals surface area (Å²) in [5, 5.41) is 1.79. The fourth-order valence-electron chi connectivity index (χ4n) is 2.53. The van der Waals surface area contributed by atoms with E-state index >= 15 is 0 Å². The third-order valence-corrected chi connectivity index (χ3v) is 6.06. The van der Waals surface area contributed by atoms with Crippen molar-refractivity contribution in [3.05, 3.63) is 71.8 Å². The molecule has 170 valence electrons.